The predicted octanol–water partition coefficient (Wildman–Crippen LogP) is 3.15. The van der Waals surface area contributed by atoms with E-state index in [-0.39, 0.29) is 19.2 Å². The van der Waals surface area contributed by atoms with Crippen molar-refractivity contribution in [2.24, 2.45) is 0 Å². The highest BCUT2D eigenvalue weighted by Gasteiger charge is 2.26. The van der Waals surface area contributed by atoms with Crippen molar-refractivity contribution in [1.82, 2.24) is 5.32 Å². The van der Waals surface area contributed by atoms with Gasteiger partial charge in [-0.15, -0.1) is 0 Å². The van der Waals surface area contributed by atoms with Gasteiger partial charge in [0.15, 0.2) is 5.75 Å². The number of hydrogen-bond acceptors (Lipinski definition) is 2. The lowest BCUT2D eigenvalue weighted by Crippen LogP contribution is -2.29. The Hall–Kier alpha value is -1.37. The average molecular weight is 283 g/mol. The van der Waals surface area contributed by atoms with Crippen LogP contribution in [0.5, 0.6) is 5.75 Å². The maximum absolute atomic E-state index is 13.2. The summed E-state index contributed by atoms with van der Waals surface area (Å²) in [5.41, 5.74) is 0. The fourth-order valence-corrected chi connectivity index (χ4v) is 1.31. The third kappa shape index (κ3) is 3.56. The summed E-state index contributed by atoms with van der Waals surface area (Å²) >= 11 is 0. The summed E-state index contributed by atoms with van der Waals surface area (Å²) in [6.45, 7) is 3.85. The average Bonchev–Trinajstić information content (AvgIpc) is 2.41. The summed E-state index contributed by atoms with van der Waals surface area (Å²) in [7, 11) is 0. The Labute approximate surface area is 107 Å². The van der Waals surface area contributed by atoms with Gasteiger partial charge in [0.1, 0.15) is 6.61 Å². The molecule has 1 aromatic rings. The Kier molecular flexibility index (Phi) is 5.53. The topological polar surface area (TPSA) is 21.3 Å². The zero-order valence-electron chi connectivity index (χ0n) is 10.5. The molecule has 1 unspecified atom stereocenters. The van der Waals surface area contributed by atoms with Gasteiger partial charge in [-0.2, -0.15) is 8.78 Å². The summed E-state index contributed by atoms with van der Waals surface area (Å²) < 4.78 is 69.4. The number of rotatable bonds is 6. The Morgan fingerprint density at radius 2 is 1.42 bits per heavy atom. The van der Waals surface area contributed by atoms with Crippen molar-refractivity contribution in [3.63, 3.8) is 0 Å². The lowest BCUT2D eigenvalue weighted by atomic mass is 10.2. The summed E-state index contributed by atoms with van der Waals surface area (Å²) in [4.78, 5) is 0. The lowest BCUT2D eigenvalue weighted by Gasteiger charge is -2.13. The Balaban J connectivity index is 2.74. The first-order valence-electron chi connectivity index (χ1n) is 5.77. The molecular formula is C12H14F5NO. The molecule has 0 amide bonds. The van der Waals surface area contributed by atoms with E-state index >= 15 is 0 Å². The van der Waals surface area contributed by atoms with Crippen LogP contribution in [0.25, 0.3) is 0 Å². The van der Waals surface area contributed by atoms with Crippen LogP contribution >= 0.6 is 0 Å². The van der Waals surface area contributed by atoms with E-state index in [1.807, 2.05) is 13.8 Å². The monoisotopic (exact) mass is 283 g/mol. The van der Waals surface area contributed by atoms with Crippen LogP contribution in [0.15, 0.2) is 0 Å². The Morgan fingerprint density at radius 3 is 1.89 bits per heavy atom. The normalized spacial score (nSPS) is 12.6. The van der Waals surface area contributed by atoms with E-state index in [1.54, 1.807) is 0 Å². The molecule has 7 heteroatoms. The van der Waals surface area contributed by atoms with E-state index in [1.165, 1.54) is 0 Å². The van der Waals surface area contributed by atoms with Crippen LogP contribution in [0.2, 0.25) is 0 Å². The molecule has 0 radical (unpaired) electrons. The van der Waals surface area contributed by atoms with Gasteiger partial charge in [0.2, 0.25) is 29.1 Å². The van der Waals surface area contributed by atoms with Gasteiger partial charge >= 0.3 is 0 Å². The highest BCUT2D eigenvalue weighted by Crippen LogP contribution is 2.28. The van der Waals surface area contributed by atoms with Crippen LogP contribution < -0.4 is 10.1 Å². The second kappa shape index (κ2) is 6.70. The van der Waals surface area contributed by atoms with Gasteiger partial charge in [-0.25, -0.2) is 13.2 Å². The molecule has 1 atom stereocenters. The molecule has 0 spiro atoms. The van der Waals surface area contributed by atoms with Crippen molar-refractivity contribution >= 4 is 0 Å². The molecule has 0 heterocycles. The largest absolute Gasteiger partial charge is 0.486 e. The third-order valence-electron chi connectivity index (χ3n) is 2.62. The molecule has 19 heavy (non-hydrogen) atoms. The van der Waals surface area contributed by atoms with Gasteiger partial charge in [-0.3, -0.25) is 0 Å². The minimum absolute atomic E-state index is 0.167. The van der Waals surface area contributed by atoms with Gasteiger partial charge in [0.25, 0.3) is 0 Å². The van der Waals surface area contributed by atoms with Crippen LogP contribution in [0, 0.1) is 29.1 Å². The first kappa shape index (κ1) is 15.7. The minimum Gasteiger partial charge on any atom is -0.486 e. The van der Waals surface area contributed by atoms with Crippen LogP contribution in [0.4, 0.5) is 22.0 Å². The molecule has 1 aromatic carbocycles. The Morgan fingerprint density at radius 1 is 0.947 bits per heavy atom. The summed E-state index contributed by atoms with van der Waals surface area (Å²) in [5.74, 6) is -11.4. The van der Waals surface area contributed by atoms with Crippen LogP contribution in [0.3, 0.4) is 0 Å². The molecule has 108 valence electrons. The predicted molar refractivity (Wildman–Crippen MR) is 59.5 cm³/mol. The van der Waals surface area contributed by atoms with Crippen molar-refractivity contribution in [1.29, 1.82) is 0 Å². The third-order valence-corrected chi connectivity index (χ3v) is 2.62. The summed E-state index contributed by atoms with van der Waals surface area (Å²) in [6.07, 6.45) is 0.836. The van der Waals surface area contributed by atoms with Crippen LogP contribution in [-0.4, -0.2) is 19.2 Å². The SMILES string of the molecule is CCC(C)NCCOc1c(F)c(F)c(F)c(F)c1F. The summed E-state index contributed by atoms with van der Waals surface area (Å²) in [6, 6.07) is 0.167. The standard InChI is InChI=1S/C12H14F5NO/c1-3-6(2)18-4-5-19-12-10(16)8(14)7(13)9(15)11(12)17/h6,18H,3-5H2,1-2H3. The lowest BCUT2D eigenvalue weighted by molar-refractivity contribution is 0.258. The van der Waals surface area contributed by atoms with Crippen molar-refractivity contribution in [2.75, 3.05) is 13.2 Å². The van der Waals surface area contributed by atoms with Crippen LogP contribution in [-0.2, 0) is 0 Å². The van der Waals surface area contributed by atoms with Crippen molar-refractivity contribution in [3.8, 4) is 5.75 Å². The molecule has 0 bridgehead atoms. The number of nitrogens with one attached hydrogen (secondary N) is 1. The maximum atomic E-state index is 13.2. The molecular weight excluding hydrogens is 269 g/mol. The second-order valence-corrected chi connectivity index (χ2v) is 4.01. The molecule has 0 saturated heterocycles. The first-order chi connectivity index (χ1) is 8.90. The number of halogens is 5. The van der Waals surface area contributed by atoms with E-state index in [4.69, 9.17) is 0 Å². The minimum atomic E-state index is -2.19. The van der Waals surface area contributed by atoms with Crippen LogP contribution in [0.1, 0.15) is 20.3 Å². The number of ether oxygens (including phenoxy) is 1. The Bertz CT molecular complexity index is 423. The summed E-state index contributed by atoms with van der Waals surface area (Å²) in [5, 5.41) is 2.95. The molecule has 0 fully saturated rings. The second-order valence-electron chi connectivity index (χ2n) is 4.01. The van der Waals surface area contributed by atoms with Gasteiger partial charge in [-0.1, -0.05) is 6.92 Å². The van der Waals surface area contributed by atoms with E-state index in [9.17, 15) is 22.0 Å². The van der Waals surface area contributed by atoms with Gasteiger partial charge in [-0.05, 0) is 13.3 Å². The van der Waals surface area contributed by atoms with E-state index in [2.05, 4.69) is 10.1 Å². The molecule has 0 aliphatic heterocycles. The van der Waals surface area contributed by atoms with Gasteiger partial charge < -0.3 is 10.1 Å². The highest BCUT2D eigenvalue weighted by atomic mass is 19.2. The zero-order chi connectivity index (χ0) is 14.6. The first-order valence-corrected chi connectivity index (χ1v) is 5.77. The highest BCUT2D eigenvalue weighted by molar-refractivity contribution is 5.29. The van der Waals surface area contributed by atoms with E-state index in [0.29, 0.717) is 0 Å². The van der Waals surface area contributed by atoms with E-state index < -0.39 is 34.8 Å². The fraction of sp³-hybridized carbons (Fsp3) is 0.500. The van der Waals surface area contributed by atoms with Gasteiger partial charge in [0, 0.05) is 12.6 Å². The molecule has 2 nitrogen and oxygen atoms in total. The molecule has 0 saturated carbocycles. The smallest absolute Gasteiger partial charge is 0.206 e. The van der Waals surface area contributed by atoms with E-state index in [0.717, 1.165) is 6.42 Å². The number of hydrogen-bond donors (Lipinski definition) is 1. The van der Waals surface area contributed by atoms with Gasteiger partial charge in [0.05, 0.1) is 0 Å². The zero-order valence-corrected chi connectivity index (χ0v) is 10.5. The molecule has 0 aromatic heterocycles. The molecule has 1 N–H and O–H groups in total. The van der Waals surface area contributed by atoms with Crippen molar-refractivity contribution in [3.05, 3.63) is 29.1 Å². The molecule has 0 aliphatic rings. The van der Waals surface area contributed by atoms with Crippen molar-refractivity contribution in [2.45, 2.75) is 26.3 Å². The quantitative estimate of drug-likeness (QED) is 0.375. The molecule has 0 aliphatic carbocycles. The van der Waals surface area contributed by atoms with Crippen molar-refractivity contribution < 1.29 is 26.7 Å². The maximum Gasteiger partial charge on any atom is 0.206 e. The molecule has 1 rings (SSSR count). The number of benzene rings is 1. The fourth-order valence-electron chi connectivity index (χ4n) is 1.31.